The molecule has 2 aromatic rings. The van der Waals surface area contributed by atoms with Crippen LogP contribution in [0.2, 0.25) is 0 Å². The third-order valence-electron chi connectivity index (χ3n) is 4.29. The van der Waals surface area contributed by atoms with E-state index in [1.165, 1.54) is 5.56 Å². The zero-order valence-corrected chi connectivity index (χ0v) is 13.4. The molecule has 1 atom stereocenters. The summed E-state index contributed by atoms with van der Waals surface area (Å²) in [7, 11) is 5.87. The van der Waals surface area contributed by atoms with Gasteiger partial charge in [0.25, 0.3) is 5.91 Å². The molecule has 0 unspecified atom stereocenters. The van der Waals surface area contributed by atoms with Gasteiger partial charge in [-0.1, -0.05) is 0 Å². The number of likely N-dealkylation sites (tertiary alicyclic amines) is 1. The fraction of sp³-hybridized carbons (Fsp3) is 0.412. The molecule has 116 valence electrons. The standard InChI is InChI=1S/C17H22N4O/c1-19(2)16-12-13(8-9-18-16)14-6-5-11-21(14)17(22)15-7-4-10-20(15)3/h4,7-10,12,14H,5-6,11H2,1-3H3/t14-/m0/s1. The molecule has 0 aliphatic carbocycles. The van der Waals surface area contributed by atoms with E-state index in [0.29, 0.717) is 0 Å². The molecule has 1 amide bonds. The summed E-state index contributed by atoms with van der Waals surface area (Å²) < 4.78 is 1.88. The highest BCUT2D eigenvalue weighted by Crippen LogP contribution is 2.33. The topological polar surface area (TPSA) is 41.4 Å². The molecule has 0 spiro atoms. The minimum absolute atomic E-state index is 0.109. The Morgan fingerprint density at radius 1 is 1.36 bits per heavy atom. The molecule has 5 nitrogen and oxygen atoms in total. The van der Waals surface area contributed by atoms with Crippen molar-refractivity contribution in [2.45, 2.75) is 18.9 Å². The van der Waals surface area contributed by atoms with Gasteiger partial charge >= 0.3 is 0 Å². The largest absolute Gasteiger partial charge is 0.363 e. The van der Waals surface area contributed by atoms with E-state index in [-0.39, 0.29) is 11.9 Å². The first-order valence-corrected chi connectivity index (χ1v) is 7.63. The Kier molecular flexibility index (Phi) is 3.88. The van der Waals surface area contributed by atoms with Crippen molar-refractivity contribution < 1.29 is 4.79 Å². The van der Waals surface area contributed by atoms with Crippen LogP contribution in [-0.2, 0) is 7.05 Å². The first-order chi connectivity index (χ1) is 10.6. The Balaban J connectivity index is 1.89. The molecule has 0 N–H and O–H groups in total. The van der Waals surface area contributed by atoms with Gasteiger partial charge in [-0.05, 0) is 42.7 Å². The molecule has 1 fully saturated rings. The Morgan fingerprint density at radius 3 is 2.86 bits per heavy atom. The zero-order valence-electron chi connectivity index (χ0n) is 13.4. The van der Waals surface area contributed by atoms with Gasteiger partial charge in [0.15, 0.2) is 0 Å². The zero-order chi connectivity index (χ0) is 15.7. The van der Waals surface area contributed by atoms with Gasteiger partial charge in [0.05, 0.1) is 6.04 Å². The van der Waals surface area contributed by atoms with Crippen LogP contribution in [0.5, 0.6) is 0 Å². The summed E-state index contributed by atoms with van der Waals surface area (Å²) in [4.78, 5) is 21.2. The van der Waals surface area contributed by atoms with Crippen molar-refractivity contribution in [2.75, 3.05) is 25.5 Å². The maximum absolute atomic E-state index is 12.8. The molecule has 3 rings (SSSR count). The third kappa shape index (κ3) is 2.58. The number of carbonyl (C=O) groups is 1. The van der Waals surface area contributed by atoms with Crippen molar-refractivity contribution in [3.05, 3.63) is 47.9 Å². The normalized spacial score (nSPS) is 17.8. The van der Waals surface area contributed by atoms with Gasteiger partial charge in [-0.25, -0.2) is 4.98 Å². The fourth-order valence-electron chi connectivity index (χ4n) is 3.07. The van der Waals surface area contributed by atoms with Crippen molar-refractivity contribution in [3.63, 3.8) is 0 Å². The molecule has 1 aliphatic heterocycles. The number of aromatic nitrogens is 2. The van der Waals surface area contributed by atoms with Crippen LogP contribution in [0.25, 0.3) is 0 Å². The first kappa shape index (κ1) is 14.6. The Hall–Kier alpha value is -2.30. The van der Waals surface area contributed by atoms with Crippen LogP contribution in [0.3, 0.4) is 0 Å². The van der Waals surface area contributed by atoms with E-state index in [1.54, 1.807) is 0 Å². The average molecular weight is 298 g/mol. The summed E-state index contributed by atoms with van der Waals surface area (Å²) in [6.45, 7) is 0.814. The van der Waals surface area contributed by atoms with Crippen LogP contribution < -0.4 is 4.90 Å². The van der Waals surface area contributed by atoms with Crippen molar-refractivity contribution in [1.82, 2.24) is 14.5 Å². The van der Waals surface area contributed by atoms with Gasteiger partial charge in [0, 0.05) is 40.1 Å². The van der Waals surface area contributed by atoms with E-state index in [2.05, 4.69) is 11.1 Å². The van der Waals surface area contributed by atoms with Crippen molar-refractivity contribution in [2.24, 2.45) is 7.05 Å². The number of amides is 1. The second-order valence-electron chi connectivity index (χ2n) is 6.00. The van der Waals surface area contributed by atoms with Gasteiger partial charge in [-0.15, -0.1) is 0 Å². The predicted molar refractivity (Wildman–Crippen MR) is 87.0 cm³/mol. The molecule has 5 heteroatoms. The second-order valence-corrected chi connectivity index (χ2v) is 6.00. The van der Waals surface area contributed by atoms with Gasteiger partial charge in [-0.3, -0.25) is 4.79 Å². The fourth-order valence-corrected chi connectivity index (χ4v) is 3.07. The Morgan fingerprint density at radius 2 is 2.18 bits per heavy atom. The smallest absolute Gasteiger partial charge is 0.270 e. The number of nitrogens with zero attached hydrogens (tertiary/aromatic N) is 4. The van der Waals surface area contributed by atoms with Crippen LogP contribution in [0.1, 0.15) is 34.9 Å². The van der Waals surface area contributed by atoms with Crippen LogP contribution >= 0.6 is 0 Å². The summed E-state index contributed by atoms with van der Waals surface area (Å²) in [6, 6.07) is 8.05. The summed E-state index contributed by atoms with van der Waals surface area (Å²) in [5, 5.41) is 0. The minimum Gasteiger partial charge on any atom is -0.363 e. The third-order valence-corrected chi connectivity index (χ3v) is 4.29. The van der Waals surface area contributed by atoms with Crippen LogP contribution in [0.15, 0.2) is 36.7 Å². The predicted octanol–water partition coefficient (Wildman–Crippen LogP) is 2.46. The van der Waals surface area contributed by atoms with E-state index in [9.17, 15) is 4.79 Å². The van der Waals surface area contributed by atoms with Gasteiger partial charge in [-0.2, -0.15) is 0 Å². The molecule has 0 saturated carbocycles. The summed E-state index contributed by atoms with van der Waals surface area (Å²) in [6.07, 6.45) is 5.79. The monoisotopic (exact) mass is 298 g/mol. The summed E-state index contributed by atoms with van der Waals surface area (Å²) in [5.41, 5.74) is 1.91. The number of pyridine rings is 1. The van der Waals surface area contributed by atoms with Crippen LogP contribution in [0.4, 0.5) is 5.82 Å². The molecule has 2 aromatic heterocycles. The number of aryl methyl sites for hydroxylation is 1. The summed E-state index contributed by atoms with van der Waals surface area (Å²) in [5.74, 6) is 1.04. The maximum Gasteiger partial charge on any atom is 0.270 e. The van der Waals surface area contributed by atoms with Crippen molar-refractivity contribution >= 4 is 11.7 Å². The maximum atomic E-state index is 12.8. The lowest BCUT2D eigenvalue weighted by Crippen LogP contribution is -2.31. The van der Waals surface area contributed by atoms with Crippen LogP contribution in [-0.4, -0.2) is 41.0 Å². The number of anilines is 1. The lowest BCUT2D eigenvalue weighted by atomic mass is 10.1. The van der Waals surface area contributed by atoms with Crippen LogP contribution in [0, 0.1) is 0 Å². The van der Waals surface area contributed by atoms with E-state index in [1.807, 2.05) is 66.1 Å². The number of hydrogen-bond donors (Lipinski definition) is 0. The van der Waals surface area contributed by atoms with Crippen molar-refractivity contribution in [1.29, 1.82) is 0 Å². The minimum atomic E-state index is 0.109. The highest BCUT2D eigenvalue weighted by atomic mass is 16.2. The molecule has 1 aliphatic rings. The SMILES string of the molecule is CN(C)c1cc([C@@H]2CCCN2C(=O)c2cccn2C)ccn1. The second kappa shape index (κ2) is 5.83. The first-order valence-electron chi connectivity index (χ1n) is 7.63. The average Bonchev–Trinajstić information content (AvgIpc) is 3.15. The van der Waals surface area contributed by atoms with Gasteiger partial charge < -0.3 is 14.4 Å². The quantitative estimate of drug-likeness (QED) is 0.874. The highest BCUT2D eigenvalue weighted by Gasteiger charge is 2.31. The van der Waals surface area contributed by atoms with E-state index >= 15 is 0 Å². The molecule has 0 radical (unpaired) electrons. The number of rotatable bonds is 3. The number of carbonyl (C=O) groups excluding carboxylic acids is 1. The molecule has 3 heterocycles. The van der Waals surface area contributed by atoms with E-state index in [4.69, 9.17) is 0 Å². The van der Waals surface area contributed by atoms with Gasteiger partial charge in [0.2, 0.25) is 0 Å². The molecule has 22 heavy (non-hydrogen) atoms. The lowest BCUT2D eigenvalue weighted by Gasteiger charge is -2.26. The van der Waals surface area contributed by atoms with E-state index < -0.39 is 0 Å². The van der Waals surface area contributed by atoms with Gasteiger partial charge in [0.1, 0.15) is 11.5 Å². The van der Waals surface area contributed by atoms with Crippen molar-refractivity contribution in [3.8, 4) is 0 Å². The Bertz CT molecular complexity index is 677. The molecular formula is C17H22N4O. The number of hydrogen-bond acceptors (Lipinski definition) is 3. The Labute approximate surface area is 131 Å². The lowest BCUT2D eigenvalue weighted by molar-refractivity contribution is 0.0726. The molecule has 0 aromatic carbocycles. The highest BCUT2D eigenvalue weighted by molar-refractivity contribution is 5.93. The summed E-state index contributed by atoms with van der Waals surface area (Å²) >= 11 is 0. The molecule has 0 bridgehead atoms. The van der Waals surface area contributed by atoms with E-state index in [0.717, 1.165) is 30.9 Å². The molecule has 1 saturated heterocycles. The molecular weight excluding hydrogens is 276 g/mol.